The second kappa shape index (κ2) is 10.4. The van der Waals surface area contributed by atoms with E-state index in [4.69, 9.17) is 4.42 Å². The highest BCUT2D eigenvalue weighted by Crippen LogP contribution is 2.26. The van der Waals surface area contributed by atoms with E-state index in [1.54, 1.807) is 13.1 Å². The maximum atomic E-state index is 11.9. The van der Waals surface area contributed by atoms with Crippen LogP contribution >= 0.6 is 11.8 Å². The number of rotatable bonds is 7. The summed E-state index contributed by atoms with van der Waals surface area (Å²) in [5.41, 5.74) is 0.858. The average Bonchev–Trinajstić information content (AvgIpc) is 3.06. The molecular formula is C18H30N4O2S. The summed E-state index contributed by atoms with van der Waals surface area (Å²) >= 11 is 1.96. The molecule has 2 atom stereocenters. The molecule has 25 heavy (non-hydrogen) atoms. The lowest BCUT2D eigenvalue weighted by Crippen LogP contribution is -2.46. The van der Waals surface area contributed by atoms with Crippen molar-refractivity contribution in [3.63, 3.8) is 0 Å². The largest absolute Gasteiger partial charge is 0.459 e. The van der Waals surface area contributed by atoms with Crippen LogP contribution in [0.25, 0.3) is 0 Å². The highest BCUT2D eigenvalue weighted by molar-refractivity contribution is 7.99. The quantitative estimate of drug-likeness (QED) is 0.393. The van der Waals surface area contributed by atoms with Crippen LogP contribution in [0.1, 0.15) is 48.2 Å². The SMILES string of the molecule is CN=C(NCCCNC(=O)c1occc1C)NC1CCCC(SC)C1. The number of nitrogens with one attached hydrogen (secondary N) is 3. The Bertz CT molecular complexity index is 573. The summed E-state index contributed by atoms with van der Waals surface area (Å²) in [5.74, 6) is 1.08. The van der Waals surface area contributed by atoms with E-state index in [1.807, 2.05) is 18.7 Å². The fraction of sp³-hybridized carbons (Fsp3) is 0.667. The molecule has 7 heteroatoms. The number of hydrogen-bond acceptors (Lipinski definition) is 4. The molecule has 1 aromatic heterocycles. The van der Waals surface area contributed by atoms with Gasteiger partial charge in [-0.15, -0.1) is 0 Å². The van der Waals surface area contributed by atoms with Crippen molar-refractivity contribution in [1.29, 1.82) is 0 Å². The van der Waals surface area contributed by atoms with Gasteiger partial charge in [0.15, 0.2) is 11.7 Å². The van der Waals surface area contributed by atoms with Crippen LogP contribution in [-0.2, 0) is 0 Å². The summed E-state index contributed by atoms with van der Waals surface area (Å²) in [5, 5.41) is 10.5. The number of nitrogens with zero attached hydrogens (tertiary/aromatic N) is 1. The minimum Gasteiger partial charge on any atom is -0.459 e. The monoisotopic (exact) mass is 366 g/mol. The zero-order chi connectivity index (χ0) is 18.1. The molecule has 1 amide bonds. The smallest absolute Gasteiger partial charge is 0.287 e. The molecule has 0 bridgehead atoms. The van der Waals surface area contributed by atoms with Crippen LogP contribution in [0.2, 0.25) is 0 Å². The minimum atomic E-state index is -0.157. The molecule has 1 fully saturated rings. The molecule has 1 saturated carbocycles. The molecule has 1 aliphatic rings. The Kier molecular flexibility index (Phi) is 8.18. The molecule has 0 aliphatic heterocycles. The fourth-order valence-corrected chi connectivity index (χ4v) is 3.89. The van der Waals surface area contributed by atoms with Gasteiger partial charge < -0.3 is 20.4 Å². The normalized spacial score (nSPS) is 21.0. The fourth-order valence-electron chi connectivity index (χ4n) is 3.06. The topological polar surface area (TPSA) is 78.7 Å². The first-order valence-electron chi connectivity index (χ1n) is 8.96. The molecule has 1 aliphatic carbocycles. The van der Waals surface area contributed by atoms with Gasteiger partial charge in [0.1, 0.15) is 0 Å². The van der Waals surface area contributed by atoms with Gasteiger partial charge in [-0.25, -0.2) is 0 Å². The molecular weight excluding hydrogens is 336 g/mol. The predicted octanol–water partition coefficient (Wildman–Crippen LogP) is 2.55. The Morgan fingerprint density at radius 3 is 2.84 bits per heavy atom. The second-order valence-electron chi connectivity index (χ2n) is 6.41. The molecule has 1 aromatic rings. The molecule has 1 heterocycles. The van der Waals surface area contributed by atoms with Crippen LogP contribution in [-0.4, -0.2) is 49.6 Å². The lowest BCUT2D eigenvalue weighted by molar-refractivity contribution is 0.0925. The summed E-state index contributed by atoms with van der Waals surface area (Å²) in [7, 11) is 1.80. The number of aliphatic imine (C=N–C) groups is 1. The molecule has 3 N–H and O–H groups in total. The van der Waals surface area contributed by atoms with E-state index >= 15 is 0 Å². The summed E-state index contributed by atoms with van der Waals surface area (Å²) in [6.07, 6.45) is 9.55. The number of thioether (sulfide) groups is 1. The zero-order valence-electron chi connectivity index (χ0n) is 15.4. The van der Waals surface area contributed by atoms with Gasteiger partial charge in [0.25, 0.3) is 5.91 Å². The Morgan fingerprint density at radius 2 is 2.16 bits per heavy atom. The van der Waals surface area contributed by atoms with Gasteiger partial charge in [-0.1, -0.05) is 6.42 Å². The van der Waals surface area contributed by atoms with Gasteiger partial charge in [0.2, 0.25) is 0 Å². The maximum Gasteiger partial charge on any atom is 0.287 e. The van der Waals surface area contributed by atoms with Crippen molar-refractivity contribution in [1.82, 2.24) is 16.0 Å². The molecule has 140 valence electrons. The summed E-state index contributed by atoms with van der Waals surface area (Å²) < 4.78 is 5.18. The van der Waals surface area contributed by atoms with Crippen molar-refractivity contribution in [2.75, 3.05) is 26.4 Å². The molecule has 2 rings (SSSR count). The first kappa shape index (κ1) is 19.7. The number of aryl methyl sites for hydroxylation is 1. The van der Waals surface area contributed by atoms with E-state index < -0.39 is 0 Å². The van der Waals surface area contributed by atoms with Crippen LogP contribution < -0.4 is 16.0 Å². The summed E-state index contributed by atoms with van der Waals surface area (Å²) in [4.78, 5) is 16.2. The number of guanidine groups is 1. The van der Waals surface area contributed by atoms with Crippen LogP contribution in [0.3, 0.4) is 0 Å². The number of hydrogen-bond donors (Lipinski definition) is 3. The van der Waals surface area contributed by atoms with Crippen molar-refractivity contribution in [2.45, 2.75) is 50.3 Å². The Labute approximate surface area is 154 Å². The third-order valence-corrected chi connectivity index (χ3v) is 5.62. The molecule has 0 radical (unpaired) electrons. The highest BCUT2D eigenvalue weighted by Gasteiger charge is 2.21. The Morgan fingerprint density at radius 1 is 1.36 bits per heavy atom. The van der Waals surface area contributed by atoms with Crippen LogP contribution in [0, 0.1) is 6.92 Å². The van der Waals surface area contributed by atoms with E-state index in [-0.39, 0.29) is 5.91 Å². The zero-order valence-corrected chi connectivity index (χ0v) is 16.2. The summed E-state index contributed by atoms with van der Waals surface area (Å²) in [6, 6.07) is 2.29. The van der Waals surface area contributed by atoms with Crippen molar-refractivity contribution in [2.24, 2.45) is 4.99 Å². The van der Waals surface area contributed by atoms with Crippen LogP contribution in [0.4, 0.5) is 0 Å². The van der Waals surface area contributed by atoms with E-state index in [9.17, 15) is 4.79 Å². The van der Waals surface area contributed by atoms with E-state index in [0.717, 1.165) is 29.7 Å². The molecule has 0 saturated heterocycles. The van der Waals surface area contributed by atoms with E-state index in [1.165, 1.54) is 31.9 Å². The lowest BCUT2D eigenvalue weighted by atomic mass is 9.95. The van der Waals surface area contributed by atoms with Gasteiger partial charge >= 0.3 is 0 Å². The predicted molar refractivity (Wildman–Crippen MR) is 104 cm³/mol. The molecule has 0 aromatic carbocycles. The number of carbonyl (C=O) groups excluding carboxylic acids is 1. The number of amides is 1. The third-order valence-electron chi connectivity index (χ3n) is 4.52. The highest BCUT2D eigenvalue weighted by atomic mass is 32.2. The van der Waals surface area contributed by atoms with Gasteiger partial charge in [-0.3, -0.25) is 9.79 Å². The average molecular weight is 367 g/mol. The van der Waals surface area contributed by atoms with Crippen LogP contribution in [0.5, 0.6) is 0 Å². The molecule has 6 nitrogen and oxygen atoms in total. The molecule has 0 spiro atoms. The third kappa shape index (κ3) is 6.30. The second-order valence-corrected chi connectivity index (χ2v) is 7.54. The van der Waals surface area contributed by atoms with Gasteiger partial charge in [-0.2, -0.15) is 11.8 Å². The van der Waals surface area contributed by atoms with Crippen molar-refractivity contribution >= 4 is 23.6 Å². The maximum absolute atomic E-state index is 11.9. The number of carbonyl (C=O) groups is 1. The molecule has 2 unspecified atom stereocenters. The van der Waals surface area contributed by atoms with Crippen molar-refractivity contribution in [3.8, 4) is 0 Å². The summed E-state index contributed by atoms with van der Waals surface area (Å²) in [6.45, 7) is 3.22. The lowest BCUT2D eigenvalue weighted by Gasteiger charge is -2.29. The van der Waals surface area contributed by atoms with Crippen molar-refractivity contribution < 1.29 is 9.21 Å². The Hall–Kier alpha value is -1.63. The van der Waals surface area contributed by atoms with Gasteiger partial charge in [0, 0.05) is 37.0 Å². The number of furan rings is 1. The van der Waals surface area contributed by atoms with Crippen molar-refractivity contribution in [3.05, 3.63) is 23.7 Å². The van der Waals surface area contributed by atoms with E-state index in [2.05, 4.69) is 27.2 Å². The van der Waals surface area contributed by atoms with Gasteiger partial charge in [0.05, 0.1) is 6.26 Å². The standard InChI is InChI=1S/C18H30N4O2S/c1-13-8-11-24-16(13)17(23)20-9-5-10-21-18(19-2)22-14-6-4-7-15(12-14)25-3/h8,11,14-15H,4-7,9-10,12H2,1-3H3,(H,20,23)(H2,19,21,22). The van der Waals surface area contributed by atoms with Crippen LogP contribution in [0.15, 0.2) is 21.7 Å². The van der Waals surface area contributed by atoms with E-state index in [0.29, 0.717) is 18.3 Å². The van der Waals surface area contributed by atoms with Gasteiger partial charge in [-0.05, 0) is 44.9 Å². The minimum absolute atomic E-state index is 0.157. The Balaban J connectivity index is 1.63. The first-order valence-corrected chi connectivity index (χ1v) is 10.2. The first-order chi connectivity index (χ1) is 12.1.